The van der Waals surface area contributed by atoms with Crippen molar-refractivity contribution in [1.29, 1.82) is 0 Å². The Kier molecular flexibility index (Phi) is 8.90. The predicted molar refractivity (Wildman–Crippen MR) is 270 cm³/mol. The maximum Gasteiger partial charge on any atom is 0.0468 e. The van der Waals surface area contributed by atoms with Crippen LogP contribution < -0.4 is 4.90 Å². The van der Waals surface area contributed by atoms with Gasteiger partial charge < -0.3 is 4.90 Å². The van der Waals surface area contributed by atoms with E-state index in [-0.39, 0.29) is 0 Å². The van der Waals surface area contributed by atoms with Crippen LogP contribution in [0.15, 0.2) is 249 Å². The van der Waals surface area contributed by atoms with E-state index in [4.69, 9.17) is 0 Å². The Morgan fingerprint density at radius 1 is 0.206 bits per heavy atom. The SMILES string of the molecule is c1ccc(-c2c(-c3ccccc3)c3cc(-c4cccc(N(c5ccc(-c6cccc7ccccc67)cc5)c5ccc6c(ccc7ccccc76)c5)c4)ccc3c3ccccc23)cc1. The summed E-state index contributed by atoms with van der Waals surface area (Å²) in [7, 11) is 0. The second-order valence-electron chi connectivity index (χ2n) is 16.4. The van der Waals surface area contributed by atoms with Crippen molar-refractivity contribution in [2.24, 2.45) is 0 Å². The summed E-state index contributed by atoms with van der Waals surface area (Å²) >= 11 is 0. The van der Waals surface area contributed by atoms with Gasteiger partial charge in [-0.25, -0.2) is 0 Å². The quantitative estimate of drug-likeness (QED) is 0.145. The van der Waals surface area contributed by atoms with Crippen LogP contribution in [0.25, 0.3) is 98.4 Å². The average Bonchev–Trinajstić information content (AvgIpc) is 3.36. The van der Waals surface area contributed by atoms with E-state index in [1.807, 2.05) is 0 Å². The fourth-order valence-corrected chi connectivity index (χ4v) is 9.86. The normalized spacial score (nSPS) is 11.5. The van der Waals surface area contributed by atoms with Gasteiger partial charge in [0.2, 0.25) is 0 Å². The fraction of sp³-hybridized carbons (Fsp3) is 0. The molecule has 0 aliphatic rings. The van der Waals surface area contributed by atoms with Gasteiger partial charge in [-0.3, -0.25) is 0 Å². The molecule has 1 nitrogen and oxygen atoms in total. The van der Waals surface area contributed by atoms with Crippen molar-refractivity contribution in [3.63, 3.8) is 0 Å². The molecule has 0 aliphatic heterocycles. The van der Waals surface area contributed by atoms with Crippen LogP contribution in [0.1, 0.15) is 0 Å². The standard InChI is InChI=1S/C62H41N/c1-3-17-45(18-4-1)61-59-27-12-11-26-57(59)58-37-33-48(41-60(58)62(61)46-19-5-2-6-20-46)47-22-13-23-51(39-47)63(52-36-38-56-49(40-52)30-29-43-16-8-10-25-54(43)56)50-34-31-44(32-35-50)55-28-14-21-42-15-7-9-24-53(42)55/h1-41H. The van der Waals surface area contributed by atoms with Crippen LogP contribution >= 0.6 is 0 Å². The first kappa shape index (κ1) is 36.6. The number of hydrogen-bond acceptors (Lipinski definition) is 1. The summed E-state index contributed by atoms with van der Waals surface area (Å²) in [6.45, 7) is 0. The van der Waals surface area contributed by atoms with E-state index in [1.54, 1.807) is 0 Å². The van der Waals surface area contributed by atoms with E-state index in [0.717, 1.165) is 22.6 Å². The Balaban J connectivity index is 1.04. The minimum Gasteiger partial charge on any atom is -0.310 e. The van der Waals surface area contributed by atoms with Crippen LogP contribution in [-0.4, -0.2) is 0 Å². The van der Waals surface area contributed by atoms with Gasteiger partial charge in [-0.2, -0.15) is 0 Å². The van der Waals surface area contributed by atoms with Crippen molar-refractivity contribution in [3.8, 4) is 44.5 Å². The highest BCUT2D eigenvalue weighted by Gasteiger charge is 2.20. The van der Waals surface area contributed by atoms with Gasteiger partial charge in [0.1, 0.15) is 0 Å². The Bertz CT molecular complexity index is 3660. The number of benzene rings is 12. The second-order valence-corrected chi connectivity index (χ2v) is 16.4. The van der Waals surface area contributed by atoms with Gasteiger partial charge in [0, 0.05) is 17.1 Å². The smallest absolute Gasteiger partial charge is 0.0468 e. The molecule has 0 radical (unpaired) electrons. The zero-order valence-electron chi connectivity index (χ0n) is 34.6. The van der Waals surface area contributed by atoms with Gasteiger partial charge in [0.15, 0.2) is 0 Å². The van der Waals surface area contributed by atoms with Gasteiger partial charge in [0.25, 0.3) is 0 Å². The van der Waals surface area contributed by atoms with Crippen LogP contribution in [0.2, 0.25) is 0 Å². The molecule has 0 aromatic heterocycles. The molecule has 0 N–H and O–H groups in total. The number of nitrogens with zero attached hydrogens (tertiary/aromatic N) is 1. The molecule has 0 saturated carbocycles. The topological polar surface area (TPSA) is 3.24 Å². The molecule has 0 aliphatic carbocycles. The zero-order chi connectivity index (χ0) is 41.7. The first-order valence-corrected chi connectivity index (χ1v) is 21.7. The maximum absolute atomic E-state index is 2.42. The predicted octanol–water partition coefficient (Wildman–Crippen LogP) is 17.6. The van der Waals surface area contributed by atoms with Crippen LogP contribution in [0.5, 0.6) is 0 Å². The molecular formula is C62H41N. The Hall–Kier alpha value is -8.26. The summed E-state index contributed by atoms with van der Waals surface area (Å²) in [5, 5.41) is 12.5. The summed E-state index contributed by atoms with van der Waals surface area (Å²) in [5.41, 5.74) is 13.0. The second kappa shape index (κ2) is 15.3. The number of hydrogen-bond donors (Lipinski definition) is 0. The van der Waals surface area contributed by atoms with E-state index in [0.29, 0.717) is 0 Å². The minimum absolute atomic E-state index is 1.09. The molecule has 12 rings (SSSR count). The van der Waals surface area contributed by atoms with Crippen LogP contribution in [-0.2, 0) is 0 Å². The van der Waals surface area contributed by atoms with Crippen LogP contribution in [0.4, 0.5) is 17.1 Å². The van der Waals surface area contributed by atoms with Crippen molar-refractivity contribution in [2.75, 3.05) is 4.90 Å². The molecule has 0 fully saturated rings. The van der Waals surface area contributed by atoms with Gasteiger partial charge in [-0.1, -0.05) is 206 Å². The monoisotopic (exact) mass is 799 g/mol. The van der Waals surface area contributed by atoms with Gasteiger partial charge in [-0.15, -0.1) is 0 Å². The first-order valence-electron chi connectivity index (χ1n) is 21.7. The highest BCUT2D eigenvalue weighted by atomic mass is 15.1. The van der Waals surface area contributed by atoms with E-state index in [2.05, 4.69) is 254 Å². The largest absolute Gasteiger partial charge is 0.310 e. The Labute approximate surface area is 367 Å². The van der Waals surface area contributed by atoms with Gasteiger partial charge in [0.05, 0.1) is 0 Å². The number of fused-ring (bicyclic) bond motifs is 7. The lowest BCUT2D eigenvalue weighted by atomic mass is 9.84. The van der Waals surface area contributed by atoms with E-state index < -0.39 is 0 Å². The first-order chi connectivity index (χ1) is 31.2. The summed E-state index contributed by atoms with van der Waals surface area (Å²) in [4.78, 5) is 2.41. The molecule has 0 spiro atoms. The Morgan fingerprint density at radius 3 is 1.44 bits per heavy atom. The van der Waals surface area contributed by atoms with Crippen LogP contribution in [0, 0.1) is 0 Å². The van der Waals surface area contributed by atoms with Crippen molar-refractivity contribution in [1.82, 2.24) is 0 Å². The number of anilines is 3. The fourth-order valence-electron chi connectivity index (χ4n) is 9.86. The lowest BCUT2D eigenvalue weighted by molar-refractivity contribution is 1.29. The zero-order valence-corrected chi connectivity index (χ0v) is 34.6. The molecule has 63 heavy (non-hydrogen) atoms. The molecule has 0 saturated heterocycles. The molecule has 0 unspecified atom stereocenters. The molecule has 0 bridgehead atoms. The van der Waals surface area contributed by atoms with Crippen molar-refractivity contribution in [2.45, 2.75) is 0 Å². The Morgan fingerprint density at radius 2 is 0.683 bits per heavy atom. The molecule has 294 valence electrons. The van der Waals surface area contributed by atoms with Crippen molar-refractivity contribution < 1.29 is 0 Å². The van der Waals surface area contributed by atoms with Gasteiger partial charge >= 0.3 is 0 Å². The highest BCUT2D eigenvalue weighted by molar-refractivity contribution is 6.22. The van der Waals surface area contributed by atoms with E-state index in [1.165, 1.54) is 92.8 Å². The minimum atomic E-state index is 1.09. The maximum atomic E-state index is 2.42. The molecule has 0 atom stereocenters. The molecular weight excluding hydrogens is 759 g/mol. The molecule has 0 heterocycles. The van der Waals surface area contributed by atoms with Crippen molar-refractivity contribution in [3.05, 3.63) is 249 Å². The molecule has 12 aromatic carbocycles. The number of rotatable bonds is 7. The lowest BCUT2D eigenvalue weighted by Crippen LogP contribution is -2.10. The van der Waals surface area contributed by atoms with E-state index in [9.17, 15) is 0 Å². The van der Waals surface area contributed by atoms with Crippen molar-refractivity contribution >= 4 is 70.9 Å². The summed E-state index contributed by atoms with van der Waals surface area (Å²) in [5.74, 6) is 0. The highest BCUT2D eigenvalue weighted by Crippen LogP contribution is 2.46. The van der Waals surface area contributed by atoms with Crippen LogP contribution in [0.3, 0.4) is 0 Å². The van der Waals surface area contributed by atoms with Gasteiger partial charge in [-0.05, 0) is 141 Å². The third-order valence-electron chi connectivity index (χ3n) is 12.8. The summed E-state index contributed by atoms with van der Waals surface area (Å²) in [6, 6.07) is 91.1. The third-order valence-corrected chi connectivity index (χ3v) is 12.8. The molecule has 1 heteroatoms. The summed E-state index contributed by atoms with van der Waals surface area (Å²) in [6.07, 6.45) is 0. The third kappa shape index (κ3) is 6.42. The molecule has 12 aromatic rings. The summed E-state index contributed by atoms with van der Waals surface area (Å²) < 4.78 is 0. The van der Waals surface area contributed by atoms with E-state index >= 15 is 0 Å². The molecule has 0 amide bonds. The lowest BCUT2D eigenvalue weighted by Gasteiger charge is -2.27. The average molecular weight is 800 g/mol.